The summed E-state index contributed by atoms with van der Waals surface area (Å²) in [5.74, 6) is 0.0800. The molecule has 1 N–H and O–H groups in total. The number of hydrogen-bond acceptors (Lipinski definition) is 4. The van der Waals surface area contributed by atoms with Crippen molar-refractivity contribution in [1.82, 2.24) is 14.8 Å². The first-order valence-electron chi connectivity index (χ1n) is 9.53. The molecule has 0 aliphatic rings. The Morgan fingerprint density at radius 2 is 1.83 bits per heavy atom. The second-order valence-electron chi connectivity index (χ2n) is 7.11. The lowest BCUT2D eigenvalue weighted by atomic mass is 10.2. The largest absolute Gasteiger partial charge is 0.467 e. The summed E-state index contributed by atoms with van der Waals surface area (Å²) >= 11 is 6.11. The Balaban J connectivity index is 1.56. The second-order valence-corrected chi connectivity index (χ2v) is 7.52. The number of pyridine rings is 1. The van der Waals surface area contributed by atoms with E-state index < -0.39 is 0 Å². The van der Waals surface area contributed by atoms with Crippen LogP contribution in [0.4, 0.5) is 5.69 Å². The average molecular weight is 421 g/mol. The van der Waals surface area contributed by atoms with Gasteiger partial charge in [0.15, 0.2) is 12.3 Å². The van der Waals surface area contributed by atoms with Crippen LogP contribution in [0.25, 0.3) is 16.7 Å². The number of nitrogens with zero attached hydrogens (tertiary/aromatic N) is 3. The molecule has 30 heavy (non-hydrogen) atoms. The summed E-state index contributed by atoms with van der Waals surface area (Å²) in [4.78, 5) is 16.9. The molecule has 0 saturated carbocycles. The molecular weight excluding hydrogens is 400 g/mol. The van der Waals surface area contributed by atoms with Crippen LogP contribution in [0.15, 0.2) is 54.6 Å². The molecule has 2 heterocycles. The molecule has 7 heteroatoms. The predicted octanol–water partition coefficient (Wildman–Crippen LogP) is 5.02. The van der Waals surface area contributed by atoms with Crippen LogP contribution >= 0.6 is 11.6 Å². The fourth-order valence-corrected chi connectivity index (χ4v) is 3.48. The van der Waals surface area contributed by atoms with Crippen molar-refractivity contribution < 1.29 is 9.53 Å². The quantitative estimate of drug-likeness (QED) is 0.492. The fraction of sp³-hybridized carbons (Fsp3) is 0.174. The number of aromatic nitrogens is 3. The highest BCUT2D eigenvalue weighted by Crippen LogP contribution is 2.26. The maximum absolute atomic E-state index is 12.3. The average Bonchev–Trinajstić information content (AvgIpc) is 3.07. The van der Waals surface area contributed by atoms with Crippen LogP contribution in [0.1, 0.15) is 16.8 Å². The Hall–Kier alpha value is -3.38. The monoisotopic (exact) mass is 420 g/mol. The molecule has 4 rings (SSSR count). The van der Waals surface area contributed by atoms with E-state index in [-0.39, 0.29) is 12.5 Å². The molecule has 0 aliphatic carbocycles. The van der Waals surface area contributed by atoms with Gasteiger partial charge in [0.25, 0.3) is 5.91 Å². The Morgan fingerprint density at radius 1 is 1.07 bits per heavy atom. The number of ether oxygens (including phenoxy) is 1. The predicted molar refractivity (Wildman–Crippen MR) is 119 cm³/mol. The molecule has 0 radical (unpaired) electrons. The molecule has 1 amide bonds. The summed E-state index contributed by atoms with van der Waals surface area (Å²) in [6, 6.07) is 17.0. The lowest BCUT2D eigenvalue weighted by molar-refractivity contribution is -0.118. The van der Waals surface area contributed by atoms with Crippen molar-refractivity contribution in [1.29, 1.82) is 0 Å². The number of rotatable bonds is 5. The van der Waals surface area contributed by atoms with E-state index in [9.17, 15) is 4.79 Å². The highest BCUT2D eigenvalue weighted by Gasteiger charge is 2.15. The number of nitrogens with one attached hydrogen (secondary N) is 1. The zero-order chi connectivity index (χ0) is 21.3. The van der Waals surface area contributed by atoms with Crippen LogP contribution in [-0.4, -0.2) is 27.3 Å². The van der Waals surface area contributed by atoms with Crippen molar-refractivity contribution in [3.63, 3.8) is 0 Å². The van der Waals surface area contributed by atoms with Crippen molar-refractivity contribution in [2.24, 2.45) is 0 Å². The van der Waals surface area contributed by atoms with Gasteiger partial charge in [-0.05, 0) is 56.2 Å². The Kier molecular flexibility index (Phi) is 5.42. The molecular formula is C23H21ClN4O2. The smallest absolute Gasteiger partial charge is 0.262 e. The van der Waals surface area contributed by atoms with Crippen LogP contribution in [0.2, 0.25) is 5.02 Å². The van der Waals surface area contributed by atoms with E-state index in [2.05, 4.69) is 15.4 Å². The zero-order valence-corrected chi connectivity index (χ0v) is 17.7. The summed E-state index contributed by atoms with van der Waals surface area (Å²) in [5.41, 5.74) is 5.05. The number of carbonyl (C=O) groups excluding carboxylic acids is 1. The number of aryl methyl sites for hydroxylation is 3. The first kappa shape index (κ1) is 19.9. The van der Waals surface area contributed by atoms with Gasteiger partial charge in [-0.2, -0.15) is 10.1 Å². The van der Waals surface area contributed by atoms with Gasteiger partial charge in [0.05, 0.1) is 11.4 Å². The summed E-state index contributed by atoms with van der Waals surface area (Å²) < 4.78 is 7.48. The van der Waals surface area contributed by atoms with Crippen molar-refractivity contribution >= 4 is 34.2 Å². The lowest BCUT2D eigenvalue weighted by Crippen LogP contribution is -2.20. The van der Waals surface area contributed by atoms with Crippen LogP contribution in [0.5, 0.6) is 5.88 Å². The maximum atomic E-state index is 12.3. The van der Waals surface area contributed by atoms with Gasteiger partial charge < -0.3 is 10.1 Å². The number of carbonyl (C=O) groups is 1. The van der Waals surface area contributed by atoms with E-state index >= 15 is 0 Å². The number of fused-ring (bicyclic) bond motifs is 1. The number of halogens is 1. The van der Waals surface area contributed by atoms with Crippen molar-refractivity contribution in [3.8, 4) is 11.6 Å². The van der Waals surface area contributed by atoms with Gasteiger partial charge in [0.2, 0.25) is 5.88 Å². The van der Waals surface area contributed by atoms with Crippen LogP contribution < -0.4 is 10.1 Å². The minimum absolute atomic E-state index is 0.165. The number of anilines is 1. The molecule has 6 nitrogen and oxygen atoms in total. The molecule has 0 unspecified atom stereocenters. The van der Waals surface area contributed by atoms with E-state index in [1.807, 2.05) is 63.2 Å². The molecule has 0 spiro atoms. The van der Waals surface area contributed by atoms with Crippen molar-refractivity contribution in [2.75, 3.05) is 11.9 Å². The molecule has 2 aromatic heterocycles. The first-order chi connectivity index (χ1) is 14.4. The van der Waals surface area contributed by atoms with Gasteiger partial charge in [-0.1, -0.05) is 35.9 Å². The zero-order valence-electron chi connectivity index (χ0n) is 16.9. The highest BCUT2D eigenvalue weighted by molar-refractivity contribution is 6.31. The van der Waals surface area contributed by atoms with Gasteiger partial charge in [0, 0.05) is 22.2 Å². The fourth-order valence-electron chi connectivity index (χ4n) is 3.30. The van der Waals surface area contributed by atoms with E-state index in [1.54, 1.807) is 16.8 Å². The van der Waals surface area contributed by atoms with Gasteiger partial charge in [-0.3, -0.25) is 4.79 Å². The van der Waals surface area contributed by atoms with Gasteiger partial charge in [-0.25, -0.2) is 4.68 Å². The summed E-state index contributed by atoms with van der Waals surface area (Å²) in [7, 11) is 0. The van der Waals surface area contributed by atoms with Crippen LogP contribution in [0.3, 0.4) is 0 Å². The maximum Gasteiger partial charge on any atom is 0.262 e. The van der Waals surface area contributed by atoms with Gasteiger partial charge >= 0.3 is 0 Å². The van der Waals surface area contributed by atoms with Crippen LogP contribution in [0, 0.1) is 20.8 Å². The molecule has 0 saturated heterocycles. The number of benzene rings is 2. The SMILES string of the molecule is Cc1ccc(NC(=O)COc2cc(C)c3c(C)nn(-c4ccccc4)c3n2)cc1Cl. The third kappa shape index (κ3) is 4.00. The van der Waals surface area contributed by atoms with E-state index in [0.717, 1.165) is 27.9 Å². The Labute approximate surface area is 179 Å². The standard InChI is InChI=1S/C23H21ClN4O2/c1-14-9-10-17(12-19(14)24)25-20(29)13-30-21-11-15(2)22-16(3)27-28(23(22)26-21)18-7-5-4-6-8-18/h4-12H,13H2,1-3H3,(H,25,29). The lowest BCUT2D eigenvalue weighted by Gasteiger charge is -2.10. The molecule has 0 fully saturated rings. The van der Waals surface area contributed by atoms with Gasteiger partial charge in [0.1, 0.15) is 0 Å². The normalized spacial score (nSPS) is 10.9. The number of hydrogen-bond donors (Lipinski definition) is 1. The summed E-state index contributed by atoms with van der Waals surface area (Å²) in [6.07, 6.45) is 0. The van der Waals surface area contributed by atoms with Crippen molar-refractivity contribution in [3.05, 3.63) is 76.4 Å². The van der Waals surface area contributed by atoms with E-state index in [4.69, 9.17) is 16.3 Å². The topological polar surface area (TPSA) is 69.0 Å². The van der Waals surface area contributed by atoms with E-state index in [1.165, 1.54) is 0 Å². The minimum atomic E-state index is -0.290. The van der Waals surface area contributed by atoms with E-state index in [0.29, 0.717) is 22.2 Å². The highest BCUT2D eigenvalue weighted by atomic mass is 35.5. The third-order valence-electron chi connectivity index (χ3n) is 4.79. The molecule has 0 atom stereocenters. The third-order valence-corrected chi connectivity index (χ3v) is 5.20. The molecule has 0 aliphatic heterocycles. The molecule has 2 aromatic carbocycles. The van der Waals surface area contributed by atoms with Crippen molar-refractivity contribution in [2.45, 2.75) is 20.8 Å². The first-order valence-corrected chi connectivity index (χ1v) is 9.91. The molecule has 4 aromatic rings. The number of amides is 1. The molecule has 152 valence electrons. The summed E-state index contributed by atoms with van der Waals surface area (Å²) in [5, 5.41) is 8.99. The number of para-hydroxylation sites is 1. The Morgan fingerprint density at radius 3 is 2.57 bits per heavy atom. The van der Waals surface area contributed by atoms with Gasteiger partial charge in [-0.15, -0.1) is 0 Å². The second kappa shape index (κ2) is 8.16. The van der Waals surface area contributed by atoms with Crippen LogP contribution in [-0.2, 0) is 4.79 Å². The Bertz CT molecular complexity index is 1240. The minimum Gasteiger partial charge on any atom is -0.467 e. The molecule has 0 bridgehead atoms. The summed E-state index contributed by atoms with van der Waals surface area (Å²) in [6.45, 7) is 5.68.